The molecule has 27 heavy (non-hydrogen) atoms. The van der Waals surface area contributed by atoms with Crippen molar-refractivity contribution in [3.63, 3.8) is 0 Å². The van der Waals surface area contributed by atoms with E-state index in [1.54, 1.807) is 13.8 Å². The first kappa shape index (κ1) is 19.4. The number of aryl methyl sites for hydroxylation is 2. The molecule has 0 aliphatic carbocycles. The van der Waals surface area contributed by atoms with E-state index < -0.39 is 33.5 Å². The molecule has 0 saturated carbocycles. The Kier molecular flexibility index (Phi) is 5.29. The number of anilines is 1. The highest BCUT2D eigenvalue weighted by atomic mass is 32.2. The maximum atomic E-state index is 13.3. The van der Waals surface area contributed by atoms with Gasteiger partial charge in [0.05, 0.1) is 17.3 Å². The van der Waals surface area contributed by atoms with Crippen molar-refractivity contribution in [2.45, 2.75) is 31.6 Å². The minimum Gasteiger partial charge on any atom is -0.326 e. The third-order valence-electron chi connectivity index (χ3n) is 4.60. The summed E-state index contributed by atoms with van der Waals surface area (Å²) in [7, 11) is -3.78. The number of amides is 1. The number of hydrogen-bond acceptors (Lipinski definition) is 4. The van der Waals surface area contributed by atoms with Crippen molar-refractivity contribution in [1.82, 2.24) is 14.5 Å². The maximum Gasteiger partial charge on any atom is 0.246 e. The quantitative estimate of drug-likeness (QED) is 0.826. The van der Waals surface area contributed by atoms with Crippen molar-refractivity contribution in [2.24, 2.45) is 5.92 Å². The normalized spacial score (nSPS) is 18.4. The van der Waals surface area contributed by atoms with Gasteiger partial charge in [0, 0.05) is 24.8 Å². The Morgan fingerprint density at radius 1 is 1.30 bits per heavy atom. The topological polar surface area (TPSA) is 95.2 Å². The summed E-state index contributed by atoms with van der Waals surface area (Å²) in [6.45, 7) is 3.56. The zero-order chi connectivity index (χ0) is 19.8. The molecule has 1 aliphatic heterocycles. The van der Waals surface area contributed by atoms with Gasteiger partial charge >= 0.3 is 0 Å². The minimum atomic E-state index is -3.78. The van der Waals surface area contributed by atoms with E-state index in [0.717, 1.165) is 12.1 Å². The summed E-state index contributed by atoms with van der Waals surface area (Å²) in [5, 5.41) is 9.11. The van der Waals surface area contributed by atoms with Crippen LogP contribution in [0.4, 0.5) is 14.5 Å². The largest absolute Gasteiger partial charge is 0.326 e. The number of H-pyrrole nitrogens is 1. The van der Waals surface area contributed by atoms with E-state index in [2.05, 4.69) is 15.5 Å². The fourth-order valence-electron chi connectivity index (χ4n) is 3.24. The second kappa shape index (κ2) is 7.35. The Hall–Kier alpha value is -2.33. The Balaban J connectivity index is 1.75. The molecule has 146 valence electrons. The smallest absolute Gasteiger partial charge is 0.246 e. The number of carbonyl (C=O) groups excluding carboxylic acids is 1. The fourth-order valence-corrected chi connectivity index (χ4v) is 5.10. The summed E-state index contributed by atoms with van der Waals surface area (Å²) in [5.41, 5.74) is 0.946. The van der Waals surface area contributed by atoms with Crippen molar-refractivity contribution >= 4 is 21.6 Å². The maximum absolute atomic E-state index is 13.3. The lowest BCUT2D eigenvalue weighted by Crippen LogP contribution is -2.43. The van der Waals surface area contributed by atoms with Gasteiger partial charge in [-0.25, -0.2) is 17.2 Å². The molecule has 1 saturated heterocycles. The number of halogens is 2. The van der Waals surface area contributed by atoms with E-state index in [1.165, 1.54) is 10.4 Å². The molecular weight excluding hydrogens is 378 g/mol. The van der Waals surface area contributed by atoms with Crippen LogP contribution in [0.5, 0.6) is 0 Å². The number of sulfonamides is 1. The van der Waals surface area contributed by atoms with Crippen molar-refractivity contribution in [2.75, 3.05) is 18.4 Å². The average molecular weight is 398 g/mol. The molecule has 1 fully saturated rings. The summed E-state index contributed by atoms with van der Waals surface area (Å²) < 4.78 is 53.5. The molecule has 1 aromatic heterocycles. The monoisotopic (exact) mass is 398 g/mol. The predicted octanol–water partition coefficient (Wildman–Crippen LogP) is 2.34. The highest BCUT2D eigenvalue weighted by Crippen LogP contribution is 2.27. The Bertz CT molecular complexity index is 955. The molecule has 1 amide bonds. The number of piperidine rings is 1. The minimum absolute atomic E-state index is 0.0158. The second-order valence-electron chi connectivity index (χ2n) is 6.58. The third kappa shape index (κ3) is 3.86. The number of nitrogens with one attached hydrogen (secondary N) is 2. The van der Waals surface area contributed by atoms with E-state index in [0.29, 0.717) is 30.8 Å². The highest BCUT2D eigenvalue weighted by Gasteiger charge is 2.35. The number of nitrogens with zero attached hydrogens (tertiary/aromatic N) is 2. The van der Waals surface area contributed by atoms with E-state index in [9.17, 15) is 22.0 Å². The Labute approximate surface area is 155 Å². The van der Waals surface area contributed by atoms with Crippen LogP contribution in [0.3, 0.4) is 0 Å². The molecule has 3 rings (SSSR count). The molecule has 0 radical (unpaired) electrons. The molecule has 1 atom stereocenters. The van der Waals surface area contributed by atoms with Gasteiger partial charge in [-0.05, 0) is 38.8 Å². The number of hydrogen-bond donors (Lipinski definition) is 2. The molecule has 10 heteroatoms. The van der Waals surface area contributed by atoms with Crippen molar-refractivity contribution in [3.8, 4) is 0 Å². The predicted molar refractivity (Wildman–Crippen MR) is 94.5 cm³/mol. The van der Waals surface area contributed by atoms with Crippen LogP contribution in [0.25, 0.3) is 0 Å². The number of aromatic nitrogens is 2. The average Bonchev–Trinajstić information content (AvgIpc) is 2.97. The van der Waals surface area contributed by atoms with Crippen LogP contribution in [-0.4, -0.2) is 41.9 Å². The van der Waals surface area contributed by atoms with Gasteiger partial charge in [-0.15, -0.1) is 0 Å². The Morgan fingerprint density at radius 3 is 2.67 bits per heavy atom. The van der Waals surface area contributed by atoms with Gasteiger partial charge in [-0.1, -0.05) is 0 Å². The van der Waals surface area contributed by atoms with Crippen LogP contribution >= 0.6 is 0 Å². The Morgan fingerprint density at radius 2 is 2.04 bits per heavy atom. The van der Waals surface area contributed by atoms with Crippen LogP contribution in [0.15, 0.2) is 23.1 Å². The number of carbonyl (C=O) groups is 1. The first-order valence-corrected chi connectivity index (χ1v) is 9.92. The van der Waals surface area contributed by atoms with Crippen molar-refractivity contribution < 1.29 is 22.0 Å². The molecule has 0 spiro atoms. The lowest BCUT2D eigenvalue weighted by Gasteiger charge is -2.31. The first-order valence-electron chi connectivity index (χ1n) is 8.47. The standard InChI is InChI=1S/C17H20F2N4O3S/c1-10-16(11(2)22-21-10)27(25,26)23-7-3-4-12(9-23)17(24)20-13-5-6-14(18)15(19)8-13/h5-6,8,12H,3-4,7,9H2,1-2H3,(H,20,24)(H,21,22). The SMILES string of the molecule is Cc1n[nH]c(C)c1S(=O)(=O)N1CCCC(C(=O)Nc2ccc(F)c(F)c2)C1. The molecular formula is C17H20F2N4O3S. The molecule has 1 unspecified atom stereocenters. The number of benzene rings is 1. The van der Waals surface area contributed by atoms with E-state index >= 15 is 0 Å². The van der Waals surface area contributed by atoms with E-state index in [1.807, 2.05) is 0 Å². The molecule has 7 nitrogen and oxygen atoms in total. The molecule has 2 heterocycles. The zero-order valence-electron chi connectivity index (χ0n) is 14.9. The molecule has 1 aromatic carbocycles. The molecule has 2 N–H and O–H groups in total. The molecule has 2 aromatic rings. The van der Waals surface area contributed by atoms with Crippen LogP contribution in [-0.2, 0) is 14.8 Å². The van der Waals surface area contributed by atoms with Crippen LogP contribution in [0.1, 0.15) is 24.2 Å². The second-order valence-corrected chi connectivity index (χ2v) is 8.46. The van der Waals surface area contributed by atoms with E-state index in [4.69, 9.17) is 0 Å². The summed E-state index contributed by atoms with van der Waals surface area (Å²) in [4.78, 5) is 12.6. The summed E-state index contributed by atoms with van der Waals surface area (Å²) in [5.74, 6) is -3.09. The van der Waals surface area contributed by atoms with Gasteiger partial charge in [0.15, 0.2) is 11.6 Å². The van der Waals surface area contributed by atoms with Gasteiger partial charge in [0.1, 0.15) is 4.90 Å². The van der Waals surface area contributed by atoms with Gasteiger partial charge in [-0.3, -0.25) is 9.89 Å². The van der Waals surface area contributed by atoms with Gasteiger partial charge in [0.25, 0.3) is 0 Å². The van der Waals surface area contributed by atoms with Crippen LogP contribution < -0.4 is 5.32 Å². The van der Waals surface area contributed by atoms with Crippen molar-refractivity contribution in [3.05, 3.63) is 41.2 Å². The lowest BCUT2D eigenvalue weighted by atomic mass is 9.98. The summed E-state index contributed by atoms with van der Waals surface area (Å²) in [6, 6.07) is 3.07. The summed E-state index contributed by atoms with van der Waals surface area (Å²) in [6.07, 6.45) is 1.02. The fraction of sp³-hybridized carbons (Fsp3) is 0.412. The first-order chi connectivity index (χ1) is 12.7. The van der Waals surface area contributed by atoms with Crippen LogP contribution in [0, 0.1) is 31.4 Å². The summed E-state index contributed by atoms with van der Waals surface area (Å²) >= 11 is 0. The van der Waals surface area contributed by atoms with Gasteiger partial charge < -0.3 is 5.32 Å². The van der Waals surface area contributed by atoms with Crippen LogP contribution in [0.2, 0.25) is 0 Å². The van der Waals surface area contributed by atoms with Crippen molar-refractivity contribution in [1.29, 1.82) is 0 Å². The third-order valence-corrected chi connectivity index (χ3v) is 6.73. The van der Waals surface area contributed by atoms with Gasteiger partial charge in [-0.2, -0.15) is 9.40 Å². The van der Waals surface area contributed by atoms with Gasteiger partial charge in [0.2, 0.25) is 15.9 Å². The lowest BCUT2D eigenvalue weighted by molar-refractivity contribution is -0.120. The highest BCUT2D eigenvalue weighted by molar-refractivity contribution is 7.89. The zero-order valence-corrected chi connectivity index (χ0v) is 15.7. The molecule has 1 aliphatic rings. The molecule has 0 bridgehead atoms. The number of aromatic amines is 1. The number of rotatable bonds is 4. The van der Waals surface area contributed by atoms with E-state index in [-0.39, 0.29) is 17.1 Å².